The van der Waals surface area contributed by atoms with Crippen LogP contribution in [0.1, 0.15) is 24.5 Å². The van der Waals surface area contributed by atoms with Gasteiger partial charge in [-0.15, -0.1) is 0 Å². The number of carbonyl (C=O) groups is 2. The number of nitro groups is 1. The molecule has 4 atom stereocenters. The van der Waals surface area contributed by atoms with Gasteiger partial charge >= 0.3 is 0 Å². The Hall–Kier alpha value is -4.84. The number of aliphatic hydroxyl groups excluding tert-OH is 1. The number of benzene rings is 4. The summed E-state index contributed by atoms with van der Waals surface area (Å²) in [5, 5.41) is 23.3. The molecule has 4 aromatic carbocycles. The third kappa shape index (κ3) is 5.47. The van der Waals surface area contributed by atoms with Gasteiger partial charge in [0, 0.05) is 41.6 Å². The Morgan fingerprint density at radius 1 is 1.02 bits per heavy atom. The van der Waals surface area contributed by atoms with E-state index in [1.54, 1.807) is 18.1 Å². The van der Waals surface area contributed by atoms with E-state index in [0.717, 1.165) is 28.6 Å². The third-order valence-electron chi connectivity index (χ3n) is 10.1. The average Bonchev–Trinajstić information content (AvgIpc) is 3.52. The zero-order valence-electron chi connectivity index (χ0n) is 27.4. The first-order valence-electron chi connectivity index (χ1n) is 16.0. The molecule has 0 aromatic heterocycles. The minimum Gasteiger partial charge on any atom is -0.497 e. The van der Waals surface area contributed by atoms with Crippen LogP contribution < -0.4 is 19.7 Å². The number of fused-ring (bicyclic) bond motifs is 2. The lowest BCUT2D eigenvalue weighted by molar-refractivity contribution is -0.385. The molecule has 1 spiro atoms. The Balaban J connectivity index is 1.39. The van der Waals surface area contributed by atoms with Crippen molar-refractivity contribution >= 4 is 48.3 Å². The lowest BCUT2D eigenvalue weighted by atomic mass is 9.82. The quantitative estimate of drug-likeness (QED) is 0.0897. The van der Waals surface area contributed by atoms with Gasteiger partial charge in [0.05, 0.1) is 38.4 Å². The molecule has 1 fully saturated rings. The van der Waals surface area contributed by atoms with Crippen LogP contribution in [0.5, 0.6) is 5.75 Å². The number of para-hydroxylation sites is 1. The Morgan fingerprint density at radius 2 is 1.69 bits per heavy atom. The van der Waals surface area contributed by atoms with Crippen molar-refractivity contribution < 1.29 is 29.1 Å². The fourth-order valence-corrected chi connectivity index (χ4v) is 11.8. The molecule has 2 aliphatic rings. The molecule has 0 unspecified atom stereocenters. The molecule has 2 amide bonds. The van der Waals surface area contributed by atoms with Crippen LogP contribution in [0, 0.1) is 16.0 Å². The molecule has 0 aliphatic carbocycles. The van der Waals surface area contributed by atoms with Crippen molar-refractivity contribution in [2.24, 2.45) is 5.92 Å². The van der Waals surface area contributed by atoms with Crippen LogP contribution in [0.4, 0.5) is 22.7 Å². The summed E-state index contributed by atoms with van der Waals surface area (Å²) >= 11 is 0. The normalized spacial score (nSPS) is 21.7. The molecular weight excluding hydrogens is 627 g/mol. The summed E-state index contributed by atoms with van der Waals surface area (Å²) in [7, 11) is -0.776. The van der Waals surface area contributed by atoms with E-state index in [2.05, 4.69) is 25.2 Å². The van der Waals surface area contributed by atoms with E-state index in [-0.39, 0.29) is 36.2 Å². The summed E-state index contributed by atoms with van der Waals surface area (Å²) in [6.45, 7) is 6.57. The number of hydrogen-bond donors (Lipinski definition) is 1. The van der Waals surface area contributed by atoms with E-state index in [4.69, 9.17) is 9.47 Å². The molecule has 6 rings (SSSR count). The number of aliphatic hydroxyl groups is 1. The van der Waals surface area contributed by atoms with E-state index in [0.29, 0.717) is 23.4 Å². The maximum atomic E-state index is 14.8. The number of non-ortho nitro benzene ring substituents is 1. The Bertz CT molecular complexity index is 1820. The van der Waals surface area contributed by atoms with Gasteiger partial charge in [-0.1, -0.05) is 67.7 Å². The highest BCUT2D eigenvalue weighted by Gasteiger charge is 2.66. The van der Waals surface area contributed by atoms with Crippen molar-refractivity contribution in [2.45, 2.75) is 50.2 Å². The first-order chi connectivity index (χ1) is 23.1. The van der Waals surface area contributed by atoms with E-state index in [1.807, 2.05) is 73.7 Å². The van der Waals surface area contributed by atoms with Crippen molar-refractivity contribution in [3.05, 3.63) is 118 Å². The van der Waals surface area contributed by atoms with Gasteiger partial charge in [0.25, 0.3) is 11.6 Å². The van der Waals surface area contributed by atoms with Crippen molar-refractivity contribution in [1.82, 2.24) is 0 Å². The summed E-state index contributed by atoms with van der Waals surface area (Å²) in [4.78, 5) is 41.5. The maximum absolute atomic E-state index is 14.8. The molecule has 11 heteroatoms. The second-order valence-electron chi connectivity index (χ2n) is 13.0. The summed E-state index contributed by atoms with van der Waals surface area (Å²) < 4.78 is 12.3. The van der Waals surface area contributed by atoms with Gasteiger partial charge < -0.3 is 19.5 Å². The minimum absolute atomic E-state index is 0.0966. The molecule has 4 aromatic rings. The fraction of sp³-hybridized carbons (Fsp3) is 0.297. The number of anilines is 3. The lowest BCUT2D eigenvalue weighted by Crippen LogP contribution is -2.51. The van der Waals surface area contributed by atoms with Crippen LogP contribution >= 0.6 is 0 Å². The third-order valence-corrected chi connectivity index (χ3v) is 14.5. The first-order valence-corrected chi connectivity index (χ1v) is 19.1. The second kappa shape index (κ2) is 13.0. The summed E-state index contributed by atoms with van der Waals surface area (Å²) in [6, 6.07) is 29.2. The van der Waals surface area contributed by atoms with E-state index < -0.39 is 24.7 Å². The van der Waals surface area contributed by atoms with Crippen molar-refractivity contribution in [1.29, 1.82) is 0 Å². The monoisotopic (exact) mass is 665 g/mol. The van der Waals surface area contributed by atoms with Crippen molar-refractivity contribution in [3.63, 3.8) is 0 Å². The van der Waals surface area contributed by atoms with Gasteiger partial charge in [0.1, 0.15) is 5.75 Å². The summed E-state index contributed by atoms with van der Waals surface area (Å²) in [6.07, 6.45) is 0.642. The van der Waals surface area contributed by atoms with E-state index in [9.17, 15) is 24.8 Å². The van der Waals surface area contributed by atoms with Gasteiger partial charge in [-0.2, -0.15) is 0 Å². The highest BCUT2D eigenvalue weighted by Crippen LogP contribution is 2.60. The fourth-order valence-electron chi connectivity index (χ4n) is 7.77. The molecule has 2 aliphatic heterocycles. The molecule has 0 saturated carbocycles. The average molecular weight is 666 g/mol. The molecule has 1 N–H and O–H groups in total. The number of amides is 2. The van der Waals surface area contributed by atoms with Gasteiger partial charge in [-0.3, -0.25) is 24.6 Å². The Morgan fingerprint density at radius 3 is 2.29 bits per heavy atom. The van der Waals surface area contributed by atoms with Gasteiger partial charge in [-0.05, 0) is 60.0 Å². The van der Waals surface area contributed by atoms with E-state index in [1.165, 1.54) is 17.0 Å². The number of methoxy groups -OCH3 is 1. The smallest absolute Gasteiger partial charge is 0.269 e. The summed E-state index contributed by atoms with van der Waals surface area (Å²) in [5.74, 6) is 0.112. The zero-order valence-corrected chi connectivity index (χ0v) is 28.4. The largest absolute Gasteiger partial charge is 0.497 e. The highest BCUT2D eigenvalue weighted by atomic mass is 28.3. The SMILES string of the molecule is COc1ccc([Si](C)(C)[C@H]2[C@H](CCO)O[C@@]3(C(=O)N(Cc4ccc(N(C=O)c5ccccc5)cc4)c4ccc([N+](=O)[O-])cc43)[C@@H]2C)cc1. The molecule has 248 valence electrons. The predicted molar refractivity (Wildman–Crippen MR) is 187 cm³/mol. The predicted octanol–water partition coefficient (Wildman–Crippen LogP) is 6.04. The van der Waals surface area contributed by atoms with Crippen LogP contribution in [0.15, 0.2) is 97.1 Å². The molecule has 2 heterocycles. The minimum atomic E-state index is -2.40. The Labute approximate surface area is 280 Å². The second-order valence-corrected chi connectivity index (χ2v) is 17.7. The maximum Gasteiger partial charge on any atom is 0.269 e. The summed E-state index contributed by atoms with van der Waals surface area (Å²) in [5.41, 5.74) is 1.58. The molecular formula is C37H39N3O7Si. The number of nitrogens with zero attached hydrogens (tertiary/aromatic N) is 3. The lowest BCUT2D eigenvalue weighted by Gasteiger charge is -2.37. The van der Waals surface area contributed by atoms with Crippen LogP contribution in [-0.4, -0.2) is 50.2 Å². The van der Waals surface area contributed by atoms with Gasteiger partial charge in [-0.25, -0.2) is 0 Å². The van der Waals surface area contributed by atoms with Crippen molar-refractivity contribution in [3.8, 4) is 5.75 Å². The van der Waals surface area contributed by atoms with Crippen LogP contribution in [-0.2, 0) is 26.5 Å². The van der Waals surface area contributed by atoms with Crippen LogP contribution in [0.25, 0.3) is 0 Å². The number of carbonyl (C=O) groups excluding carboxylic acids is 2. The topological polar surface area (TPSA) is 122 Å². The number of nitro benzene ring substituents is 1. The molecule has 1 saturated heterocycles. The van der Waals surface area contributed by atoms with Crippen LogP contribution in [0.3, 0.4) is 0 Å². The first kappa shape index (κ1) is 33.1. The molecule has 0 radical (unpaired) electrons. The molecule has 10 nitrogen and oxygen atoms in total. The standard InChI is InChI=1S/C37H39N3O7Si/c1-25-35(48(3,4)31-17-15-30(46-2)16-18-31)34(20-21-41)47-37(25)32-22-29(40(44)45)14-19-33(32)38(36(37)43)23-26-10-12-28(13-11-26)39(24-42)27-8-6-5-7-9-27/h5-19,22,24-25,34-35,41H,20-21,23H2,1-4H3/t25-,34+,35-,37+/m1/s1. The van der Waals surface area contributed by atoms with Gasteiger partial charge in [0.2, 0.25) is 6.41 Å². The van der Waals surface area contributed by atoms with Gasteiger partial charge in [0.15, 0.2) is 5.60 Å². The number of rotatable bonds is 11. The molecule has 48 heavy (non-hydrogen) atoms. The number of hydrogen-bond acceptors (Lipinski definition) is 7. The van der Waals surface area contributed by atoms with Crippen LogP contribution in [0.2, 0.25) is 18.6 Å². The zero-order chi connectivity index (χ0) is 34.2. The van der Waals surface area contributed by atoms with E-state index >= 15 is 0 Å². The molecule has 0 bridgehead atoms. The number of ether oxygens (including phenoxy) is 2. The Kier molecular flexibility index (Phi) is 8.95. The van der Waals surface area contributed by atoms with Crippen molar-refractivity contribution in [2.75, 3.05) is 23.5 Å². The highest BCUT2D eigenvalue weighted by molar-refractivity contribution is 6.91.